The Morgan fingerprint density at radius 3 is 2.42 bits per heavy atom. The molecule has 36 heavy (non-hydrogen) atoms. The van der Waals surface area contributed by atoms with Crippen molar-refractivity contribution in [1.29, 1.82) is 0 Å². The first kappa shape index (κ1) is 26.0. The van der Waals surface area contributed by atoms with Crippen LogP contribution in [0.4, 0.5) is 10.5 Å². The predicted octanol–water partition coefficient (Wildman–Crippen LogP) is 6.92. The molecule has 9 heteroatoms. The average Bonchev–Trinajstić information content (AvgIpc) is 3.12. The molecule has 3 amide bonds. The first-order chi connectivity index (χ1) is 17.3. The number of amides is 3. The second-order valence-corrected chi connectivity index (χ2v) is 10.3. The average molecular weight is 586 g/mol. The van der Waals surface area contributed by atoms with E-state index in [0.717, 1.165) is 34.2 Å². The van der Waals surface area contributed by atoms with Crippen LogP contribution in [0.5, 0.6) is 5.75 Å². The number of hydrogen-bond acceptors (Lipinski definition) is 5. The molecule has 1 N–H and O–H groups in total. The maximum Gasteiger partial charge on any atom is 0.294 e. The molecule has 0 atom stereocenters. The zero-order valence-electron chi connectivity index (χ0n) is 19.3. The molecule has 1 saturated heterocycles. The highest BCUT2D eigenvalue weighted by atomic mass is 79.9. The molecule has 0 bridgehead atoms. The smallest absolute Gasteiger partial charge is 0.294 e. The highest BCUT2D eigenvalue weighted by Gasteiger charge is 2.36. The van der Waals surface area contributed by atoms with Gasteiger partial charge in [0.15, 0.2) is 0 Å². The zero-order valence-corrected chi connectivity index (χ0v) is 22.5. The van der Waals surface area contributed by atoms with Gasteiger partial charge in [-0.1, -0.05) is 48.9 Å². The Balaban J connectivity index is 1.38. The number of ether oxygens (including phenoxy) is 1. The molecule has 0 unspecified atom stereocenters. The molecule has 1 aliphatic heterocycles. The quantitative estimate of drug-likeness (QED) is 0.291. The molecule has 0 spiro atoms. The van der Waals surface area contributed by atoms with Crippen molar-refractivity contribution in [3.63, 3.8) is 0 Å². The van der Waals surface area contributed by atoms with Crippen LogP contribution >= 0.6 is 39.3 Å². The van der Waals surface area contributed by atoms with Crippen molar-refractivity contribution < 1.29 is 19.1 Å². The molecule has 3 aromatic carbocycles. The fraction of sp³-hybridized carbons (Fsp3) is 0.148. The number of anilines is 1. The summed E-state index contributed by atoms with van der Waals surface area (Å²) in [5.74, 6) is -0.299. The second kappa shape index (κ2) is 11.8. The van der Waals surface area contributed by atoms with Crippen molar-refractivity contribution in [2.24, 2.45) is 0 Å². The predicted molar refractivity (Wildman–Crippen MR) is 147 cm³/mol. The maximum atomic E-state index is 12.8. The van der Waals surface area contributed by atoms with Crippen molar-refractivity contribution in [3.8, 4) is 5.75 Å². The van der Waals surface area contributed by atoms with Crippen molar-refractivity contribution in [2.45, 2.75) is 20.0 Å². The summed E-state index contributed by atoms with van der Waals surface area (Å²) < 4.78 is 6.57. The van der Waals surface area contributed by atoms with Gasteiger partial charge in [0.2, 0.25) is 5.91 Å². The van der Waals surface area contributed by atoms with Gasteiger partial charge in [0.05, 0.1) is 9.38 Å². The van der Waals surface area contributed by atoms with E-state index in [-0.39, 0.29) is 11.4 Å². The Kier molecular flexibility index (Phi) is 8.51. The van der Waals surface area contributed by atoms with Crippen molar-refractivity contribution in [2.75, 3.05) is 11.9 Å². The van der Waals surface area contributed by atoms with E-state index in [2.05, 4.69) is 21.2 Å². The summed E-state index contributed by atoms with van der Waals surface area (Å²) in [6, 6.07) is 20.2. The molecular weight excluding hydrogens is 564 g/mol. The van der Waals surface area contributed by atoms with Gasteiger partial charge in [-0.3, -0.25) is 19.3 Å². The Morgan fingerprint density at radius 2 is 1.75 bits per heavy atom. The molecule has 0 saturated carbocycles. The number of aryl methyl sites for hydroxylation is 1. The number of benzene rings is 3. The third-order valence-electron chi connectivity index (χ3n) is 5.38. The Morgan fingerprint density at radius 1 is 1.06 bits per heavy atom. The lowest BCUT2D eigenvalue weighted by Gasteiger charge is -2.12. The fourth-order valence-electron chi connectivity index (χ4n) is 3.42. The lowest BCUT2D eigenvalue weighted by Crippen LogP contribution is -2.36. The third kappa shape index (κ3) is 6.57. The van der Waals surface area contributed by atoms with Gasteiger partial charge in [-0.25, -0.2) is 0 Å². The Bertz CT molecular complexity index is 1330. The number of rotatable bonds is 8. The largest absolute Gasteiger partial charge is 0.488 e. The molecule has 1 fully saturated rings. The summed E-state index contributed by atoms with van der Waals surface area (Å²) in [7, 11) is 0. The van der Waals surface area contributed by atoms with Gasteiger partial charge in [0, 0.05) is 10.7 Å². The van der Waals surface area contributed by atoms with Crippen LogP contribution in [0.3, 0.4) is 0 Å². The van der Waals surface area contributed by atoms with Gasteiger partial charge in [0.1, 0.15) is 18.9 Å². The minimum Gasteiger partial charge on any atom is -0.488 e. The normalized spacial score (nSPS) is 14.4. The lowest BCUT2D eigenvalue weighted by molar-refractivity contribution is -0.127. The minimum atomic E-state index is -0.499. The van der Waals surface area contributed by atoms with E-state index in [1.807, 2.05) is 31.2 Å². The molecule has 0 radical (unpaired) electrons. The maximum absolute atomic E-state index is 12.8. The second-order valence-electron chi connectivity index (χ2n) is 7.97. The zero-order chi connectivity index (χ0) is 25.7. The number of nitrogens with one attached hydrogen (secondary N) is 1. The van der Waals surface area contributed by atoms with Gasteiger partial charge < -0.3 is 10.1 Å². The van der Waals surface area contributed by atoms with Crippen LogP contribution in [0.25, 0.3) is 6.08 Å². The van der Waals surface area contributed by atoms with Gasteiger partial charge in [0.25, 0.3) is 11.1 Å². The van der Waals surface area contributed by atoms with Gasteiger partial charge in [-0.05, 0) is 93.3 Å². The van der Waals surface area contributed by atoms with Crippen LogP contribution in [-0.2, 0) is 22.6 Å². The first-order valence-corrected chi connectivity index (χ1v) is 13.1. The van der Waals surface area contributed by atoms with Crippen LogP contribution in [0.2, 0.25) is 5.02 Å². The van der Waals surface area contributed by atoms with E-state index < -0.39 is 17.1 Å². The van der Waals surface area contributed by atoms with Gasteiger partial charge in [-0.15, -0.1) is 0 Å². The number of imide groups is 1. The summed E-state index contributed by atoms with van der Waals surface area (Å²) in [4.78, 5) is 38.9. The SMILES string of the molecule is CCc1ccc(NC(=O)CN2C(=O)S/C(=C/c3ccc(OCc4ccc(Cl)cc4)c(Br)c3)C2=O)cc1. The summed E-state index contributed by atoms with van der Waals surface area (Å²) in [5.41, 5.74) is 3.46. The van der Waals surface area contributed by atoms with Crippen LogP contribution in [0.1, 0.15) is 23.6 Å². The van der Waals surface area contributed by atoms with Crippen molar-refractivity contribution >= 4 is 68.1 Å². The van der Waals surface area contributed by atoms with Crippen LogP contribution in [0.15, 0.2) is 76.1 Å². The highest BCUT2D eigenvalue weighted by molar-refractivity contribution is 9.10. The topological polar surface area (TPSA) is 75.7 Å². The standard InChI is InChI=1S/C27H22BrClN2O4S/c1-2-17-5-10-21(11-6-17)30-25(32)15-31-26(33)24(36-27(31)34)14-19-7-12-23(22(28)13-19)35-16-18-3-8-20(29)9-4-18/h3-14H,2,15-16H2,1H3,(H,30,32)/b24-14+. The molecule has 184 valence electrons. The molecule has 0 aromatic heterocycles. The van der Waals surface area contributed by atoms with Crippen LogP contribution in [-0.4, -0.2) is 28.5 Å². The van der Waals surface area contributed by atoms with Gasteiger partial charge in [-0.2, -0.15) is 0 Å². The van der Waals surface area contributed by atoms with E-state index >= 15 is 0 Å². The van der Waals surface area contributed by atoms with Crippen LogP contribution < -0.4 is 10.1 Å². The number of hydrogen-bond donors (Lipinski definition) is 1. The Labute approximate surface area is 226 Å². The Hall–Kier alpha value is -3.07. The van der Waals surface area contributed by atoms with E-state index in [1.54, 1.807) is 48.5 Å². The van der Waals surface area contributed by atoms with E-state index in [9.17, 15) is 14.4 Å². The van der Waals surface area contributed by atoms with E-state index in [4.69, 9.17) is 16.3 Å². The number of carbonyl (C=O) groups is 3. The van der Waals surface area contributed by atoms with Crippen LogP contribution in [0, 0.1) is 0 Å². The summed E-state index contributed by atoms with van der Waals surface area (Å²) in [6.45, 7) is 2.07. The number of carbonyl (C=O) groups excluding carboxylic acids is 3. The number of nitrogens with zero attached hydrogens (tertiary/aromatic N) is 1. The van der Waals surface area contributed by atoms with Crippen molar-refractivity contribution in [1.82, 2.24) is 4.90 Å². The van der Waals surface area contributed by atoms with Gasteiger partial charge >= 0.3 is 0 Å². The third-order valence-corrected chi connectivity index (χ3v) is 7.16. The monoisotopic (exact) mass is 584 g/mol. The summed E-state index contributed by atoms with van der Waals surface area (Å²) in [6.07, 6.45) is 2.52. The molecular formula is C27H22BrClN2O4S. The molecule has 4 rings (SSSR count). The van der Waals surface area contributed by atoms with Crippen molar-refractivity contribution in [3.05, 3.63) is 97.8 Å². The summed E-state index contributed by atoms with van der Waals surface area (Å²) >= 11 is 10.2. The molecule has 1 heterocycles. The molecule has 6 nitrogen and oxygen atoms in total. The minimum absolute atomic E-state index is 0.252. The number of thioether (sulfide) groups is 1. The lowest BCUT2D eigenvalue weighted by atomic mass is 10.1. The first-order valence-electron chi connectivity index (χ1n) is 11.1. The highest BCUT2D eigenvalue weighted by Crippen LogP contribution is 2.34. The molecule has 0 aliphatic carbocycles. The summed E-state index contributed by atoms with van der Waals surface area (Å²) in [5, 5.41) is 2.91. The molecule has 3 aromatic rings. The fourth-order valence-corrected chi connectivity index (χ4v) is 4.90. The van der Waals surface area contributed by atoms with E-state index in [1.165, 1.54) is 0 Å². The van der Waals surface area contributed by atoms with E-state index in [0.29, 0.717) is 33.1 Å². The number of halogens is 2. The molecule has 1 aliphatic rings.